The summed E-state index contributed by atoms with van der Waals surface area (Å²) in [6.45, 7) is 0. The van der Waals surface area contributed by atoms with E-state index in [1.807, 2.05) is 30.3 Å². The molecule has 0 N–H and O–H groups in total. The molecule has 0 amide bonds. The van der Waals surface area contributed by atoms with Gasteiger partial charge in [-0.25, -0.2) is 8.42 Å². The maximum Gasteiger partial charge on any atom is 0.296 e. The van der Waals surface area contributed by atoms with E-state index in [1.165, 1.54) is 15.9 Å². The summed E-state index contributed by atoms with van der Waals surface area (Å²) >= 11 is 1.53. The fraction of sp³-hybridized carbons (Fsp3) is 0.0909. The molecule has 98 valence electrons. The Hall–Kier alpha value is -1.44. The molecule has 0 atom stereocenters. The van der Waals surface area contributed by atoms with Crippen LogP contribution in [0.4, 0.5) is 0 Å². The Morgan fingerprint density at radius 3 is 2.63 bits per heavy atom. The van der Waals surface area contributed by atoms with Crippen molar-refractivity contribution in [3.05, 3.63) is 30.3 Å². The number of hydrogen-bond acceptors (Lipinski definition) is 5. The number of benzene rings is 1. The molecule has 8 heteroatoms. The van der Waals surface area contributed by atoms with Crippen LogP contribution in [-0.4, -0.2) is 23.2 Å². The van der Waals surface area contributed by atoms with Crippen molar-refractivity contribution >= 4 is 41.2 Å². The molecule has 0 unspecified atom stereocenters. The number of fused-ring (bicyclic) bond motifs is 1. The predicted molar refractivity (Wildman–Crippen MR) is 74.9 cm³/mol. The second-order valence-electron chi connectivity index (χ2n) is 3.95. The summed E-state index contributed by atoms with van der Waals surface area (Å²) in [5, 5.41) is 8.38. The molecular weight excluding hydrogens is 306 g/mol. The molecule has 0 saturated heterocycles. The minimum absolute atomic E-state index is 0.248. The van der Waals surface area contributed by atoms with E-state index in [0.717, 1.165) is 15.0 Å². The van der Waals surface area contributed by atoms with Gasteiger partial charge in [0.1, 0.15) is 0 Å². The second kappa shape index (κ2) is 4.29. The molecule has 2 heterocycles. The Morgan fingerprint density at radius 1 is 1.26 bits per heavy atom. The third kappa shape index (κ3) is 2.13. The Balaban J connectivity index is 2.20. The van der Waals surface area contributed by atoms with E-state index in [4.69, 9.17) is 10.7 Å². The lowest BCUT2D eigenvalue weighted by Crippen LogP contribution is -2.02. The lowest BCUT2D eigenvalue weighted by atomic mass is 10.2. The van der Waals surface area contributed by atoms with Crippen LogP contribution in [0, 0.1) is 0 Å². The van der Waals surface area contributed by atoms with E-state index < -0.39 is 9.05 Å². The molecule has 3 rings (SSSR count). The van der Waals surface area contributed by atoms with Crippen molar-refractivity contribution < 1.29 is 8.42 Å². The molecular formula is C11H8ClN3O2S2. The van der Waals surface area contributed by atoms with Crippen LogP contribution >= 0.6 is 22.0 Å². The van der Waals surface area contributed by atoms with Crippen molar-refractivity contribution in [1.82, 2.24) is 14.8 Å². The average molecular weight is 314 g/mol. The molecule has 5 nitrogen and oxygen atoms in total. The van der Waals surface area contributed by atoms with E-state index >= 15 is 0 Å². The highest BCUT2D eigenvalue weighted by Gasteiger charge is 2.21. The first kappa shape index (κ1) is 12.6. The van der Waals surface area contributed by atoms with Crippen LogP contribution in [0.3, 0.4) is 0 Å². The summed E-state index contributed by atoms with van der Waals surface area (Å²) in [5.74, 6) is 0.487. The van der Waals surface area contributed by atoms with Crippen molar-refractivity contribution in [3.8, 4) is 10.7 Å². The van der Waals surface area contributed by atoms with Gasteiger partial charge in [-0.15, -0.1) is 21.5 Å². The summed E-state index contributed by atoms with van der Waals surface area (Å²) in [6.07, 6.45) is 0. The molecule has 0 saturated carbocycles. The lowest BCUT2D eigenvalue weighted by Gasteiger charge is -1.98. The van der Waals surface area contributed by atoms with Gasteiger partial charge in [-0.1, -0.05) is 18.2 Å². The summed E-state index contributed by atoms with van der Waals surface area (Å²) in [7, 11) is 2.99. The monoisotopic (exact) mass is 313 g/mol. The normalized spacial score (nSPS) is 12.1. The number of thiophene rings is 1. The Kier molecular flexibility index (Phi) is 2.84. The van der Waals surface area contributed by atoms with Crippen molar-refractivity contribution in [2.75, 3.05) is 0 Å². The minimum atomic E-state index is -3.88. The highest BCUT2D eigenvalue weighted by atomic mass is 35.7. The van der Waals surface area contributed by atoms with E-state index in [2.05, 4.69) is 10.2 Å². The van der Waals surface area contributed by atoms with E-state index in [9.17, 15) is 8.42 Å². The third-order valence-corrected chi connectivity index (χ3v) is 5.02. The molecule has 3 aromatic rings. The smallest absolute Gasteiger partial charge is 0.296 e. The maximum atomic E-state index is 11.3. The first-order chi connectivity index (χ1) is 8.97. The molecule has 0 fully saturated rings. The standard InChI is InChI=1S/C11H8ClN3O2S2/c1-15-10(13-14-11(15)19(12,16)17)9-6-7-4-2-3-5-8(7)18-9/h2-6H,1H3. The van der Waals surface area contributed by atoms with Gasteiger partial charge < -0.3 is 0 Å². The first-order valence-electron chi connectivity index (χ1n) is 5.30. The Bertz CT molecular complexity index is 834. The molecule has 0 aliphatic carbocycles. The quantitative estimate of drug-likeness (QED) is 0.682. The fourth-order valence-electron chi connectivity index (χ4n) is 1.83. The predicted octanol–water partition coefficient (Wildman–Crippen LogP) is 2.62. The van der Waals surface area contributed by atoms with Crippen LogP contribution in [0.5, 0.6) is 0 Å². The summed E-state index contributed by atoms with van der Waals surface area (Å²) in [6, 6.07) is 9.84. The topological polar surface area (TPSA) is 64.8 Å². The SMILES string of the molecule is Cn1c(-c2cc3ccccc3s2)nnc1S(=O)(=O)Cl. The van der Waals surface area contributed by atoms with Gasteiger partial charge in [0.05, 0.1) is 4.88 Å². The van der Waals surface area contributed by atoms with Crippen LogP contribution in [0.1, 0.15) is 0 Å². The van der Waals surface area contributed by atoms with Crippen LogP contribution in [-0.2, 0) is 16.1 Å². The number of rotatable bonds is 2. The molecule has 0 bridgehead atoms. The lowest BCUT2D eigenvalue weighted by molar-refractivity contribution is 0.593. The van der Waals surface area contributed by atoms with Gasteiger partial charge in [0, 0.05) is 22.4 Å². The minimum Gasteiger partial charge on any atom is -0.299 e. The van der Waals surface area contributed by atoms with E-state index in [1.54, 1.807) is 7.05 Å². The Morgan fingerprint density at radius 2 is 2.00 bits per heavy atom. The molecule has 0 aliphatic heterocycles. The molecule has 0 spiro atoms. The highest BCUT2D eigenvalue weighted by Crippen LogP contribution is 2.32. The Labute approximate surface area is 117 Å². The van der Waals surface area contributed by atoms with Crippen molar-refractivity contribution in [2.24, 2.45) is 7.05 Å². The second-order valence-corrected chi connectivity index (χ2v) is 7.49. The van der Waals surface area contributed by atoms with Gasteiger partial charge in [0.2, 0.25) is 0 Å². The number of halogens is 1. The van der Waals surface area contributed by atoms with Gasteiger partial charge in [0.25, 0.3) is 14.2 Å². The molecule has 0 aliphatic rings. The highest BCUT2D eigenvalue weighted by molar-refractivity contribution is 8.13. The molecule has 1 aromatic carbocycles. The largest absolute Gasteiger partial charge is 0.299 e. The van der Waals surface area contributed by atoms with Crippen LogP contribution in [0.15, 0.2) is 35.5 Å². The molecule has 19 heavy (non-hydrogen) atoms. The zero-order valence-electron chi connectivity index (χ0n) is 9.74. The van der Waals surface area contributed by atoms with Crippen LogP contribution in [0.25, 0.3) is 20.8 Å². The summed E-state index contributed by atoms with van der Waals surface area (Å²) in [5.41, 5.74) is 0. The average Bonchev–Trinajstić information content (AvgIpc) is 2.90. The van der Waals surface area contributed by atoms with Crippen LogP contribution in [0.2, 0.25) is 0 Å². The van der Waals surface area contributed by atoms with Crippen molar-refractivity contribution in [1.29, 1.82) is 0 Å². The number of hydrogen-bond donors (Lipinski definition) is 0. The summed E-state index contributed by atoms with van der Waals surface area (Å²) in [4.78, 5) is 0.850. The van der Waals surface area contributed by atoms with Gasteiger partial charge >= 0.3 is 0 Å². The zero-order valence-corrected chi connectivity index (χ0v) is 12.1. The summed E-state index contributed by atoms with van der Waals surface area (Å²) < 4.78 is 25.1. The van der Waals surface area contributed by atoms with Gasteiger partial charge in [-0.05, 0) is 17.5 Å². The van der Waals surface area contributed by atoms with Gasteiger partial charge in [-0.2, -0.15) is 0 Å². The van der Waals surface area contributed by atoms with Crippen LogP contribution < -0.4 is 0 Å². The van der Waals surface area contributed by atoms with Crippen molar-refractivity contribution in [3.63, 3.8) is 0 Å². The molecule has 2 aromatic heterocycles. The van der Waals surface area contributed by atoms with E-state index in [0.29, 0.717) is 5.82 Å². The first-order valence-corrected chi connectivity index (χ1v) is 8.42. The zero-order chi connectivity index (χ0) is 13.6. The fourth-order valence-corrected chi connectivity index (χ4v) is 3.87. The van der Waals surface area contributed by atoms with Crippen molar-refractivity contribution in [2.45, 2.75) is 5.16 Å². The molecule has 0 radical (unpaired) electrons. The maximum absolute atomic E-state index is 11.3. The third-order valence-electron chi connectivity index (χ3n) is 2.70. The van der Waals surface area contributed by atoms with Gasteiger partial charge in [-0.3, -0.25) is 4.57 Å². The van der Waals surface area contributed by atoms with E-state index in [-0.39, 0.29) is 5.16 Å². The number of aromatic nitrogens is 3. The van der Waals surface area contributed by atoms with Gasteiger partial charge in [0.15, 0.2) is 5.82 Å². The number of nitrogens with zero attached hydrogens (tertiary/aromatic N) is 3.